The Hall–Kier alpha value is -3.54. The van der Waals surface area contributed by atoms with Gasteiger partial charge in [0.05, 0.1) is 31.3 Å². The number of halogens is 1. The molecule has 2 atom stereocenters. The molecule has 4 rings (SSSR count). The minimum absolute atomic E-state index is 0.0578. The first-order chi connectivity index (χ1) is 18.0. The molecule has 0 radical (unpaired) electrons. The van der Waals surface area contributed by atoms with E-state index >= 15 is 0 Å². The number of carbonyl (C=O) groups is 1. The molecule has 0 spiro atoms. The number of ether oxygens (including phenoxy) is 1. The van der Waals surface area contributed by atoms with Gasteiger partial charge in [-0.15, -0.1) is 0 Å². The molecular formula is C25H30ClN7O4. The minimum atomic E-state index is -0.382. The Kier molecular flexibility index (Phi) is 9.04. The van der Waals surface area contributed by atoms with E-state index in [1.54, 1.807) is 37.7 Å². The van der Waals surface area contributed by atoms with Gasteiger partial charge in [-0.25, -0.2) is 15.0 Å². The second kappa shape index (κ2) is 12.6. The smallest absolute Gasteiger partial charge is 0.256 e. The molecule has 4 N–H and O–H groups in total. The zero-order valence-electron chi connectivity index (χ0n) is 20.5. The summed E-state index contributed by atoms with van der Waals surface area (Å²) >= 11 is 6.27. The van der Waals surface area contributed by atoms with Crippen LogP contribution in [0.15, 0.2) is 42.9 Å². The predicted molar refractivity (Wildman–Crippen MR) is 139 cm³/mol. The van der Waals surface area contributed by atoms with Gasteiger partial charge in [0.25, 0.3) is 5.91 Å². The molecule has 11 nitrogen and oxygen atoms in total. The molecule has 12 heteroatoms. The van der Waals surface area contributed by atoms with Crippen LogP contribution in [0, 0.1) is 5.92 Å². The predicted octanol–water partition coefficient (Wildman–Crippen LogP) is 2.04. The third-order valence-electron chi connectivity index (χ3n) is 6.23. The molecule has 0 bridgehead atoms. The SMILES string of the molecule is COc1ccc(CNc2nc(N3C[C@H](CCO)C[C@H]3CO)ncc2C(=O)NCc2ncccn2)cc1Cl. The highest BCUT2D eigenvalue weighted by molar-refractivity contribution is 6.32. The third kappa shape index (κ3) is 6.62. The van der Waals surface area contributed by atoms with Crippen LogP contribution in [0.1, 0.15) is 34.6 Å². The van der Waals surface area contributed by atoms with E-state index in [0.29, 0.717) is 47.9 Å². The van der Waals surface area contributed by atoms with Gasteiger partial charge in [0, 0.05) is 38.3 Å². The second-order valence-electron chi connectivity index (χ2n) is 8.71. The molecule has 3 aromatic rings. The lowest BCUT2D eigenvalue weighted by Gasteiger charge is -2.24. The number of rotatable bonds is 11. The summed E-state index contributed by atoms with van der Waals surface area (Å²) in [4.78, 5) is 32.4. The van der Waals surface area contributed by atoms with Gasteiger partial charge in [-0.2, -0.15) is 4.98 Å². The van der Waals surface area contributed by atoms with Crippen molar-refractivity contribution in [3.8, 4) is 5.75 Å². The summed E-state index contributed by atoms with van der Waals surface area (Å²) in [6, 6.07) is 6.96. The lowest BCUT2D eigenvalue weighted by atomic mass is 10.0. The molecular weight excluding hydrogens is 498 g/mol. The largest absolute Gasteiger partial charge is 0.495 e. The maximum absolute atomic E-state index is 13.1. The van der Waals surface area contributed by atoms with Crippen molar-refractivity contribution in [2.75, 3.05) is 37.1 Å². The standard InChI is InChI=1S/C25H30ClN7O4/c1-37-21-4-3-16(10-20(21)26)11-29-23-19(24(36)30-13-22-27-6-2-7-28-22)12-31-25(32-23)33-14-17(5-8-34)9-18(33)15-35/h2-4,6-7,10,12,17-18,34-35H,5,8-9,11,13-15H2,1H3,(H,30,36)(H,29,31,32)/t17-,18+/m1/s1. The average molecular weight is 528 g/mol. The number of hydrogen-bond donors (Lipinski definition) is 4. The molecule has 196 valence electrons. The summed E-state index contributed by atoms with van der Waals surface area (Å²) in [5.41, 5.74) is 1.12. The van der Waals surface area contributed by atoms with Gasteiger partial charge >= 0.3 is 0 Å². The molecule has 1 fully saturated rings. The molecule has 1 aliphatic rings. The fraction of sp³-hybridized carbons (Fsp3) is 0.400. The molecule has 0 aliphatic carbocycles. The first kappa shape index (κ1) is 26.5. The zero-order valence-corrected chi connectivity index (χ0v) is 21.2. The number of nitrogens with zero attached hydrogens (tertiary/aromatic N) is 5. The van der Waals surface area contributed by atoms with E-state index in [9.17, 15) is 15.0 Å². The van der Waals surface area contributed by atoms with Crippen molar-refractivity contribution in [3.05, 3.63) is 64.8 Å². The Labute approximate surface area is 219 Å². The maximum Gasteiger partial charge on any atom is 0.256 e. The molecule has 1 aromatic carbocycles. The van der Waals surface area contributed by atoms with Crippen molar-refractivity contribution in [1.82, 2.24) is 25.3 Å². The average Bonchev–Trinajstić information content (AvgIpc) is 3.34. The lowest BCUT2D eigenvalue weighted by Crippen LogP contribution is -2.34. The molecule has 0 unspecified atom stereocenters. The third-order valence-corrected chi connectivity index (χ3v) is 6.52. The van der Waals surface area contributed by atoms with E-state index in [1.807, 2.05) is 11.0 Å². The number of aliphatic hydroxyl groups excluding tert-OH is 2. The van der Waals surface area contributed by atoms with Crippen LogP contribution in [0.2, 0.25) is 5.02 Å². The number of benzene rings is 1. The van der Waals surface area contributed by atoms with Gasteiger partial charge < -0.3 is 30.5 Å². The van der Waals surface area contributed by atoms with Crippen molar-refractivity contribution >= 4 is 29.3 Å². The Bertz CT molecular complexity index is 1200. The minimum Gasteiger partial charge on any atom is -0.495 e. The molecule has 3 heterocycles. The highest BCUT2D eigenvalue weighted by atomic mass is 35.5. The number of anilines is 2. The molecule has 1 aliphatic heterocycles. The summed E-state index contributed by atoms with van der Waals surface area (Å²) in [6.45, 7) is 1.13. The lowest BCUT2D eigenvalue weighted by molar-refractivity contribution is 0.0950. The Balaban J connectivity index is 1.58. The topological polar surface area (TPSA) is 146 Å². The number of amides is 1. The number of aromatic nitrogens is 4. The summed E-state index contributed by atoms with van der Waals surface area (Å²) in [5, 5.41) is 25.8. The molecule has 0 saturated carbocycles. The van der Waals surface area contributed by atoms with Gasteiger partial charge in [-0.05, 0) is 42.5 Å². The molecule has 1 saturated heterocycles. The van der Waals surface area contributed by atoms with Crippen molar-refractivity contribution in [2.45, 2.75) is 32.0 Å². The highest BCUT2D eigenvalue weighted by Gasteiger charge is 2.33. The zero-order chi connectivity index (χ0) is 26.2. The van der Waals surface area contributed by atoms with E-state index in [2.05, 4.69) is 30.6 Å². The van der Waals surface area contributed by atoms with E-state index in [-0.39, 0.29) is 43.2 Å². The Morgan fingerprint density at radius 1 is 1.22 bits per heavy atom. The first-order valence-corrected chi connectivity index (χ1v) is 12.4. The number of nitrogens with one attached hydrogen (secondary N) is 2. The van der Waals surface area contributed by atoms with E-state index in [0.717, 1.165) is 12.0 Å². The Morgan fingerprint density at radius 2 is 2.03 bits per heavy atom. The van der Waals surface area contributed by atoms with Crippen molar-refractivity contribution in [3.63, 3.8) is 0 Å². The number of aliphatic hydroxyl groups is 2. The molecule has 1 amide bonds. The Morgan fingerprint density at radius 3 is 2.73 bits per heavy atom. The van der Waals surface area contributed by atoms with Crippen LogP contribution < -0.4 is 20.3 Å². The van der Waals surface area contributed by atoms with Crippen LogP contribution in [0.25, 0.3) is 0 Å². The van der Waals surface area contributed by atoms with Gasteiger partial charge in [0.15, 0.2) is 0 Å². The van der Waals surface area contributed by atoms with Crippen LogP contribution in [0.5, 0.6) is 5.75 Å². The quantitative estimate of drug-likeness (QED) is 0.292. The van der Waals surface area contributed by atoms with Gasteiger partial charge in [-0.1, -0.05) is 17.7 Å². The number of hydrogen-bond acceptors (Lipinski definition) is 10. The van der Waals surface area contributed by atoms with Gasteiger partial charge in [0.2, 0.25) is 5.95 Å². The van der Waals surface area contributed by atoms with Gasteiger partial charge in [0.1, 0.15) is 23.0 Å². The van der Waals surface area contributed by atoms with Crippen molar-refractivity contribution in [1.29, 1.82) is 0 Å². The first-order valence-electron chi connectivity index (χ1n) is 12.0. The van der Waals surface area contributed by atoms with Gasteiger partial charge in [-0.3, -0.25) is 4.79 Å². The summed E-state index contributed by atoms with van der Waals surface area (Å²) in [6.07, 6.45) is 6.06. The highest BCUT2D eigenvalue weighted by Crippen LogP contribution is 2.30. The summed E-state index contributed by atoms with van der Waals surface area (Å²) in [7, 11) is 1.55. The number of carbonyl (C=O) groups excluding carboxylic acids is 1. The van der Waals surface area contributed by atoms with Crippen LogP contribution in [0.4, 0.5) is 11.8 Å². The maximum atomic E-state index is 13.1. The van der Waals surface area contributed by atoms with Crippen molar-refractivity contribution in [2.24, 2.45) is 5.92 Å². The normalized spacial score (nSPS) is 17.0. The van der Waals surface area contributed by atoms with Crippen molar-refractivity contribution < 1.29 is 19.7 Å². The summed E-state index contributed by atoms with van der Waals surface area (Å²) < 4.78 is 5.22. The molecule has 2 aromatic heterocycles. The van der Waals surface area contributed by atoms with Crippen LogP contribution in [0.3, 0.4) is 0 Å². The second-order valence-corrected chi connectivity index (χ2v) is 9.11. The fourth-order valence-corrected chi connectivity index (χ4v) is 4.60. The number of methoxy groups -OCH3 is 1. The van der Waals surface area contributed by atoms with E-state index in [1.165, 1.54) is 6.20 Å². The van der Waals surface area contributed by atoms with Crippen LogP contribution in [-0.2, 0) is 13.1 Å². The fourth-order valence-electron chi connectivity index (χ4n) is 4.32. The van der Waals surface area contributed by atoms with E-state index in [4.69, 9.17) is 16.3 Å². The summed E-state index contributed by atoms with van der Waals surface area (Å²) in [5.74, 6) is 1.63. The molecule has 37 heavy (non-hydrogen) atoms. The van der Waals surface area contributed by atoms with E-state index < -0.39 is 0 Å². The monoisotopic (exact) mass is 527 g/mol. The van der Waals surface area contributed by atoms with Crippen LogP contribution >= 0.6 is 11.6 Å². The van der Waals surface area contributed by atoms with Crippen LogP contribution in [-0.4, -0.2) is 69.0 Å².